The lowest BCUT2D eigenvalue weighted by atomic mass is 10.1. The summed E-state index contributed by atoms with van der Waals surface area (Å²) in [5, 5.41) is 22.4. The highest BCUT2D eigenvalue weighted by Crippen LogP contribution is 2.28. The maximum absolute atomic E-state index is 12.4. The van der Waals surface area contributed by atoms with Crippen LogP contribution in [0.25, 0.3) is 6.08 Å². The minimum atomic E-state index is -0.626. The van der Waals surface area contributed by atoms with E-state index >= 15 is 0 Å². The number of thiophene rings is 1. The molecule has 124 valence electrons. The number of methoxy groups -OCH3 is 1. The normalized spacial score (nSPS) is 10.5. The molecule has 0 fully saturated rings. The molecule has 1 N–H and O–H groups in total. The minimum absolute atomic E-state index is 0.119. The largest absolute Gasteiger partial charge is 0.465 e. The first-order valence-electron chi connectivity index (χ1n) is 7.10. The van der Waals surface area contributed by atoms with Crippen LogP contribution >= 0.6 is 11.3 Å². The summed E-state index contributed by atoms with van der Waals surface area (Å²) >= 11 is 1.16. The fourth-order valence-corrected chi connectivity index (χ4v) is 2.91. The average molecular weight is 351 g/mol. The number of nitriles is 2. The van der Waals surface area contributed by atoms with Gasteiger partial charge in [0.15, 0.2) is 0 Å². The quantitative estimate of drug-likeness (QED) is 0.517. The molecular formula is C18H13N3O3S. The molecule has 0 unspecified atom stereocenters. The van der Waals surface area contributed by atoms with Crippen molar-refractivity contribution in [2.75, 3.05) is 12.4 Å². The SMILES string of the molecule is COC(=O)c1scc(C)c1NC(=O)C(C#N)=Cc1ccc(C#N)cc1. The van der Waals surface area contributed by atoms with Gasteiger partial charge in [0, 0.05) is 0 Å². The van der Waals surface area contributed by atoms with Gasteiger partial charge in [0.05, 0.1) is 24.4 Å². The van der Waals surface area contributed by atoms with E-state index in [4.69, 9.17) is 10.00 Å². The number of aryl methyl sites for hydroxylation is 1. The van der Waals surface area contributed by atoms with Crippen molar-refractivity contribution in [1.82, 2.24) is 0 Å². The van der Waals surface area contributed by atoms with E-state index in [0.717, 1.165) is 11.3 Å². The van der Waals surface area contributed by atoms with Crippen LogP contribution in [0.2, 0.25) is 0 Å². The van der Waals surface area contributed by atoms with Crippen molar-refractivity contribution >= 4 is 35.0 Å². The molecule has 1 aromatic heterocycles. The molecule has 0 aliphatic carbocycles. The molecule has 0 radical (unpaired) electrons. The zero-order valence-electron chi connectivity index (χ0n) is 13.5. The Morgan fingerprint density at radius 3 is 2.48 bits per heavy atom. The van der Waals surface area contributed by atoms with Crippen molar-refractivity contribution in [2.24, 2.45) is 0 Å². The predicted molar refractivity (Wildman–Crippen MR) is 93.8 cm³/mol. The van der Waals surface area contributed by atoms with E-state index in [-0.39, 0.29) is 10.5 Å². The van der Waals surface area contributed by atoms with Gasteiger partial charge < -0.3 is 10.1 Å². The summed E-state index contributed by atoms with van der Waals surface area (Å²) in [4.78, 5) is 24.4. The van der Waals surface area contributed by atoms with Crippen LogP contribution in [0.4, 0.5) is 5.69 Å². The fourth-order valence-electron chi connectivity index (χ4n) is 1.99. The molecule has 0 spiro atoms. The van der Waals surface area contributed by atoms with Crippen LogP contribution < -0.4 is 5.32 Å². The summed E-state index contributed by atoms with van der Waals surface area (Å²) < 4.78 is 4.69. The number of hydrogen-bond donors (Lipinski definition) is 1. The molecule has 2 rings (SSSR count). The van der Waals surface area contributed by atoms with E-state index < -0.39 is 11.9 Å². The van der Waals surface area contributed by atoms with E-state index in [1.807, 2.05) is 12.1 Å². The van der Waals surface area contributed by atoms with Crippen LogP contribution in [-0.2, 0) is 9.53 Å². The summed E-state index contributed by atoms with van der Waals surface area (Å²) in [5.74, 6) is -1.18. The second-order valence-electron chi connectivity index (χ2n) is 4.97. The highest BCUT2D eigenvalue weighted by molar-refractivity contribution is 7.12. The Hall–Kier alpha value is -3.42. The van der Waals surface area contributed by atoms with Crippen molar-refractivity contribution < 1.29 is 14.3 Å². The monoisotopic (exact) mass is 351 g/mol. The Labute approximate surface area is 148 Å². The summed E-state index contributed by atoms with van der Waals surface area (Å²) in [5.41, 5.74) is 2.01. The van der Waals surface area contributed by atoms with Gasteiger partial charge in [-0.3, -0.25) is 4.79 Å². The average Bonchev–Trinajstić information content (AvgIpc) is 3.00. The van der Waals surface area contributed by atoms with Crippen molar-refractivity contribution in [1.29, 1.82) is 10.5 Å². The van der Waals surface area contributed by atoms with Gasteiger partial charge in [-0.2, -0.15) is 10.5 Å². The molecular weight excluding hydrogens is 338 g/mol. The first-order chi connectivity index (χ1) is 12.0. The number of ether oxygens (including phenoxy) is 1. The van der Waals surface area contributed by atoms with E-state index in [2.05, 4.69) is 5.32 Å². The Balaban J connectivity index is 2.28. The molecule has 2 aromatic rings. The molecule has 0 saturated carbocycles. The van der Waals surface area contributed by atoms with Gasteiger partial charge in [-0.15, -0.1) is 11.3 Å². The number of nitrogens with one attached hydrogen (secondary N) is 1. The van der Waals surface area contributed by atoms with Crippen LogP contribution in [0.5, 0.6) is 0 Å². The van der Waals surface area contributed by atoms with Crippen LogP contribution in [-0.4, -0.2) is 19.0 Å². The van der Waals surface area contributed by atoms with Crippen LogP contribution in [0.15, 0.2) is 35.2 Å². The zero-order chi connectivity index (χ0) is 18.4. The number of hydrogen-bond acceptors (Lipinski definition) is 6. The third-order valence-electron chi connectivity index (χ3n) is 3.30. The van der Waals surface area contributed by atoms with Crippen LogP contribution in [0, 0.1) is 29.6 Å². The number of esters is 1. The van der Waals surface area contributed by atoms with Crippen LogP contribution in [0.3, 0.4) is 0 Å². The van der Waals surface area contributed by atoms with Gasteiger partial charge in [0.2, 0.25) is 0 Å². The van der Waals surface area contributed by atoms with E-state index in [1.165, 1.54) is 13.2 Å². The summed E-state index contributed by atoms with van der Waals surface area (Å²) in [6.07, 6.45) is 1.41. The molecule has 25 heavy (non-hydrogen) atoms. The fraction of sp³-hybridized carbons (Fsp3) is 0.111. The molecule has 7 heteroatoms. The van der Waals surface area contributed by atoms with Crippen molar-refractivity contribution in [3.63, 3.8) is 0 Å². The van der Waals surface area contributed by atoms with Gasteiger partial charge in [-0.1, -0.05) is 12.1 Å². The topological polar surface area (TPSA) is 103 Å². The number of anilines is 1. The lowest BCUT2D eigenvalue weighted by Gasteiger charge is -2.06. The molecule has 6 nitrogen and oxygen atoms in total. The maximum atomic E-state index is 12.4. The Morgan fingerprint density at radius 1 is 1.24 bits per heavy atom. The molecule has 0 bridgehead atoms. The van der Waals surface area contributed by atoms with Crippen molar-refractivity contribution in [3.8, 4) is 12.1 Å². The second kappa shape index (κ2) is 7.91. The predicted octanol–water partition coefficient (Wildman–Crippen LogP) is 3.26. The van der Waals surface area contributed by atoms with Gasteiger partial charge >= 0.3 is 5.97 Å². The summed E-state index contributed by atoms with van der Waals surface area (Å²) in [6.45, 7) is 1.74. The number of rotatable bonds is 4. The van der Waals surface area contributed by atoms with E-state index in [1.54, 1.807) is 36.6 Å². The number of carbonyl (C=O) groups is 2. The number of amides is 1. The molecule has 1 aromatic carbocycles. The first kappa shape index (κ1) is 17.9. The highest BCUT2D eigenvalue weighted by atomic mass is 32.1. The Morgan fingerprint density at radius 2 is 1.92 bits per heavy atom. The Kier molecular flexibility index (Phi) is 5.67. The number of benzene rings is 1. The highest BCUT2D eigenvalue weighted by Gasteiger charge is 2.20. The van der Waals surface area contributed by atoms with Gasteiger partial charge in [0.25, 0.3) is 5.91 Å². The molecule has 0 aliphatic rings. The smallest absolute Gasteiger partial charge is 0.350 e. The summed E-state index contributed by atoms with van der Waals surface area (Å²) in [6, 6.07) is 10.3. The minimum Gasteiger partial charge on any atom is -0.465 e. The zero-order valence-corrected chi connectivity index (χ0v) is 14.3. The van der Waals surface area contributed by atoms with Gasteiger partial charge in [0.1, 0.15) is 16.5 Å². The van der Waals surface area contributed by atoms with E-state index in [9.17, 15) is 14.9 Å². The molecule has 0 atom stereocenters. The lowest BCUT2D eigenvalue weighted by molar-refractivity contribution is -0.112. The third kappa shape index (κ3) is 4.11. The molecule has 1 heterocycles. The molecule has 1 amide bonds. The third-order valence-corrected chi connectivity index (χ3v) is 4.38. The second-order valence-corrected chi connectivity index (χ2v) is 5.85. The molecule has 0 aliphatic heterocycles. The van der Waals surface area contributed by atoms with Gasteiger partial charge in [-0.25, -0.2) is 4.79 Å². The van der Waals surface area contributed by atoms with Crippen LogP contribution in [0.1, 0.15) is 26.4 Å². The van der Waals surface area contributed by atoms with Crippen molar-refractivity contribution in [2.45, 2.75) is 6.92 Å². The number of carbonyl (C=O) groups excluding carboxylic acids is 2. The van der Waals surface area contributed by atoms with Crippen molar-refractivity contribution in [3.05, 3.63) is 56.8 Å². The maximum Gasteiger partial charge on any atom is 0.350 e. The Bertz CT molecular complexity index is 928. The number of nitrogens with zero attached hydrogens (tertiary/aromatic N) is 2. The summed E-state index contributed by atoms with van der Waals surface area (Å²) in [7, 11) is 1.26. The standard InChI is InChI=1S/C18H13N3O3S/c1-11-10-25-16(18(23)24-2)15(11)21-17(22)14(9-20)7-12-3-5-13(8-19)6-4-12/h3-7,10H,1-2H3,(H,21,22). The van der Waals surface area contributed by atoms with E-state index in [0.29, 0.717) is 22.4 Å². The van der Waals surface area contributed by atoms with Gasteiger partial charge in [-0.05, 0) is 41.6 Å². The lowest BCUT2D eigenvalue weighted by Crippen LogP contribution is -2.16. The first-order valence-corrected chi connectivity index (χ1v) is 7.97. The molecule has 0 saturated heterocycles.